The van der Waals surface area contributed by atoms with Gasteiger partial charge in [0.15, 0.2) is 0 Å². The number of carbonyl (C=O) groups excluding carboxylic acids is 1. The van der Waals surface area contributed by atoms with E-state index >= 15 is 0 Å². The number of anilines is 1. The maximum atomic E-state index is 12.2. The first kappa shape index (κ1) is 13.1. The van der Waals surface area contributed by atoms with Crippen LogP contribution >= 0.6 is 0 Å². The Kier molecular flexibility index (Phi) is 3.71. The number of amides is 1. The van der Waals surface area contributed by atoms with Gasteiger partial charge in [0.25, 0.3) is 0 Å². The van der Waals surface area contributed by atoms with Gasteiger partial charge in [-0.1, -0.05) is 17.7 Å². The summed E-state index contributed by atoms with van der Waals surface area (Å²) in [6, 6.07) is 6.17. The van der Waals surface area contributed by atoms with Crippen LogP contribution in [0.1, 0.15) is 30.4 Å². The van der Waals surface area contributed by atoms with Crippen molar-refractivity contribution in [3.8, 4) is 0 Å². The molecule has 0 radical (unpaired) electrons. The fraction of sp³-hybridized carbons (Fsp3) is 0.533. The van der Waals surface area contributed by atoms with E-state index in [1.54, 1.807) is 4.90 Å². The van der Waals surface area contributed by atoms with Crippen molar-refractivity contribution in [2.75, 3.05) is 11.9 Å². The zero-order chi connectivity index (χ0) is 13.3. The molecule has 0 spiro atoms. The lowest BCUT2D eigenvalue weighted by molar-refractivity contribution is -0.118. The molecule has 2 N–H and O–H groups in total. The average Bonchev–Trinajstić information content (AvgIpc) is 3.11. The molecule has 3 nitrogen and oxygen atoms in total. The maximum Gasteiger partial charge on any atom is 0.228 e. The first-order valence-electron chi connectivity index (χ1n) is 6.58. The summed E-state index contributed by atoms with van der Waals surface area (Å²) in [5, 5.41) is 0. The Morgan fingerprint density at radius 1 is 1.44 bits per heavy atom. The molecule has 18 heavy (non-hydrogen) atoms. The predicted molar refractivity (Wildman–Crippen MR) is 74.6 cm³/mol. The second kappa shape index (κ2) is 5.11. The number of nitrogens with zero attached hydrogens (tertiary/aromatic N) is 1. The molecule has 98 valence electrons. The van der Waals surface area contributed by atoms with Crippen LogP contribution in [0, 0.1) is 19.8 Å². The van der Waals surface area contributed by atoms with Gasteiger partial charge < -0.3 is 10.6 Å². The lowest BCUT2D eigenvalue weighted by Gasteiger charge is -2.21. The molecule has 1 saturated carbocycles. The van der Waals surface area contributed by atoms with Gasteiger partial charge >= 0.3 is 0 Å². The number of nitrogens with two attached hydrogens (primary N) is 1. The van der Waals surface area contributed by atoms with Crippen LogP contribution in [0.5, 0.6) is 0 Å². The molecule has 1 amide bonds. The van der Waals surface area contributed by atoms with Crippen molar-refractivity contribution in [2.24, 2.45) is 11.7 Å². The predicted octanol–water partition coefficient (Wildman–Crippen LogP) is 2.39. The highest BCUT2D eigenvalue weighted by molar-refractivity contribution is 5.94. The minimum absolute atomic E-state index is 0.0331. The zero-order valence-corrected chi connectivity index (χ0v) is 11.4. The molecule has 0 aliphatic heterocycles. The maximum absolute atomic E-state index is 12.2. The summed E-state index contributed by atoms with van der Waals surface area (Å²) in [5.74, 6) is 0.683. The van der Waals surface area contributed by atoms with Crippen LogP contribution in [-0.4, -0.2) is 19.0 Å². The normalized spacial score (nSPS) is 16.4. The van der Waals surface area contributed by atoms with E-state index in [9.17, 15) is 4.79 Å². The fourth-order valence-corrected chi connectivity index (χ4v) is 2.35. The summed E-state index contributed by atoms with van der Waals surface area (Å²) >= 11 is 0. The van der Waals surface area contributed by atoms with E-state index in [2.05, 4.69) is 13.0 Å². The molecule has 0 aromatic heterocycles. The number of hydrogen-bond acceptors (Lipinski definition) is 2. The van der Waals surface area contributed by atoms with Crippen LogP contribution in [-0.2, 0) is 4.79 Å². The van der Waals surface area contributed by atoms with Gasteiger partial charge in [-0.2, -0.15) is 0 Å². The Hall–Kier alpha value is -1.35. The van der Waals surface area contributed by atoms with E-state index in [1.165, 1.54) is 18.4 Å². The highest BCUT2D eigenvalue weighted by atomic mass is 16.2. The van der Waals surface area contributed by atoms with Crippen LogP contribution in [0.2, 0.25) is 0 Å². The van der Waals surface area contributed by atoms with Gasteiger partial charge in [-0.3, -0.25) is 4.79 Å². The van der Waals surface area contributed by atoms with E-state index in [1.807, 2.05) is 26.1 Å². The Labute approximate surface area is 109 Å². The van der Waals surface area contributed by atoms with E-state index in [4.69, 9.17) is 5.73 Å². The van der Waals surface area contributed by atoms with Crippen molar-refractivity contribution < 1.29 is 4.79 Å². The highest BCUT2D eigenvalue weighted by Gasteiger charge is 2.30. The second-order valence-corrected chi connectivity index (χ2v) is 5.45. The first-order valence-corrected chi connectivity index (χ1v) is 6.58. The molecule has 1 fully saturated rings. The Bertz CT molecular complexity index is 452. The number of hydrogen-bond donors (Lipinski definition) is 1. The topological polar surface area (TPSA) is 46.3 Å². The van der Waals surface area contributed by atoms with Gasteiger partial charge in [0.1, 0.15) is 0 Å². The highest BCUT2D eigenvalue weighted by Crippen LogP contribution is 2.33. The molecule has 1 atom stereocenters. The molecular formula is C15H22N2O. The third-order valence-corrected chi connectivity index (χ3v) is 3.73. The van der Waals surface area contributed by atoms with E-state index in [-0.39, 0.29) is 11.9 Å². The molecule has 0 saturated heterocycles. The van der Waals surface area contributed by atoms with Gasteiger partial charge in [-0.25, -0.2) is 0 Å². The number of aryl methyl sites for hydroxylation is 2. The lowest BCUT2D eigenvalue weighted by atomic mass is 10.1. The van der Waals surface area contributed by atoms with E-state index in [0.29, 0.717) is 12.3 Å². The van der Waals surface area contributed by atoms with Crippen LogP contribution in [0.25, 0.3) is 0 Å². The summed E-state index contributed by atoms with van der Waals surface area (Å²) in [7, 11) is 1.83. The first-order chi connectivity index (χ1) is 8.49. The summed E-state index contributed by atoms with van der Waals surface area (Å²) in [6.45, 7) is 4.09. The summed E-state index contributed by atoms with van der Waals surface area (Å²) in [4.78, 5) is 13.9. The summed E-state index contributed by atoms with van der Waals surface area (Å²) < 4.78 is 0. The van der Waals surface area contributed by atoms with Crippen molar-refractivity contribution in [2.45, 2.75) is 39.2 Å². The standard InChI is InChI=1S/C15H22N2O/c1-10-4-7-14(11(2)8-10)17(3)15(18)9-13(16)12-5-6-12/h4,7-8,12-13H,5-6,9,16H2,1-3H3. The largest absolute Gasteiger partial charge is 0.327 e. The van der Waals surface area contributed by atoms with Crippen molar-refractivity contribution in [1.82, 2.24) is 0 Å². The smallest absolute Gasteiger partial charge is 0.228 e. The number of rotatable bonds is 4. The molecule has 1 aliphatic carbocycles. The van der Waals surface area contributed by atoms with Gasteiger partial charge in [-0.15, -0.1) is 0 Å². The third kappa shape index (κ3) is 2.91. The van der Waals surface area contributed by atoms with Gasteiger partial charge in [0.2, 0.25) is 5.91 Å². The molecular weight excluding hydrogens is 224 g/mol. The SMILES string of the molecule is Cc1ccc(N(C)C(=O)CC(N)C2CC2)c(C)c1. The number of benzene rings is 1. The van der Waals surface area contributed by atoms with Crippen LogP contribution in [0.4, 0.5) is 5.69 Å². The summed E-state index contributed by atoms with van der Waals surface area (Å²) in [6.07, 6.45) is 2.82. The Morgan fingerprint density at radius 3 is 2.67 bits per heavy atom. The van der Waals surface area contributed by atoms with E-state index in [0.717, 1.165) is 11.3 Å². The molecule has 2 rings (SSSR count). The molecule has 1 aromatic rings. The van der Waals surface area contributed by atoms with Crippen LogP contribution in [0.15, 0.2) is 18.2 Å². The van der Waals surface area contributed by atoms with Crippen molar-refractivity contribution in [1.29, 1.82) is 0 Å². The quantitative estimate of drug-likeness (QED) is 0.886. The van der Waals surface area contributed by atoms with E-state index < -0.39 is 0 Å². The van der Waals surface area contributed by atoms with Crippen molar-refractivity contribution in [3.63, 3.8) is 0 Å². The molecule has 1 aromatic carbocycles. The summed E-state index contributed by atoms with van der Waals surface area (Å²) in [5.41, 5.74) is 9.34. The van der Waals surface area contributed by atoms with Gasteiger partial charge in [0.05, 0.1) is 0 Å². The minimum atomic E-state index is 0.0331. The fourth-order valence-electron chi connectivity index (χ4n) is 2.35. The molecule has 0 bridgehead atoms. The van der Waals surface area contributed by atoms with Crippen molar-refractivity contribution in [3.05, 3.63) is 29.3 Å². The molecule has 1 unspecified atom stereocenters. The average molecular weight is 246 g/mol. The van der Waals surface area contributed by atoms with Crippen LogP contribution in [0.3, 0.4) is 0 Å². The molecule has 1 aliphatic rings. The molecule has 3 heteroatoms. The lowest BCUT2D eigenvalue weighted by Crippen LogP contribution is -2.34. The second-order valence-electron chi connectivity index (χ2n) is 5.45. The number of carbonyl (C=O) groups is 1. The monoisotopic (exact) mass is 246 g/mol. The van der Waals surface area contributed by atoms with Crippen LogP contribution < -0.4 is 10.6 Å². The van der Waals surface area contributed by atoms with Crippen molar-refractivity contribution >= 4 is 11.6 Å². The minimum Gasteiger partial charge on any atom is -0.327 e. The molecule has 0 heterocycles. The Balaban J connectivity index is 2.04. The van der Waals surface area contributed by atoms with Gasteiger partial charge in [0, 0.05) is 25.2 Å². The Morgan fingerprint density at radius 2 is 2.11 bits per heavy atom. The third-order valence-electron chi connectivity index (χ3n) is 3.73. The van der Waals surface area contributed by atoms with Gasteiger partial charge in [-0.05, 0) is 44.2 Å². The zero-order valence-electron chi connectivity index (χ0n) is 11.4.